The van der Waals surface area contributed by atoms with Gasteiger partial charge >= 0.3 is 0 Å². The fourth-order valence-electron chi connectivity index (χ4n) is 5.46. The lowest BCUT2D eigenvalue weighted by Crippen LogP contribution is -2.37. The number of benzene rings is 1. The van der Waals surface area contributed by atoms with Crippen LogP contribution in [0.1, 0.15) is 28.3 Å². The number of aryl methyl sites for hydroxylation is 2. The number of anilines is 2. The zero-order valence-corrected chi connectivity index (χ0v) is 25.5. The van der Waals surface area contributed by atoms with Crippen LogP contribution < -0.4 is 19.9 Å². The zero-order valence-electron chi connectivity index (χ0n) is 24.7. The monoisotopic (exact) mass is 606 g/mol. The molecule has 3 aromatic heterocycles. The molecule has 0 aliphatic carbocycles. The Labute approximate surface area is 255 Å². The normalized spacial score (nSPS) is 15.6. The van der Waals surface area contributed by atoms with Crippen molar-refractivity contribution in [3.63, 3.8) is 0 Å². The highest BCUT2D eigenvalue weighted by Gasteiger charge is 2.29. The summed E-state index contributed by atoms with van der Waals surface area (Å²) in [4.78, 5) is 24.0. The van der Waals surface area contributed by atoms with Crippen molar-refractivity contribution >= 4 is 23.4 Å². The molecule has 1 aromatic carbocycles. The summed E-state index contributed by atoms with van der Waals surface area (Å²) >= 11 is 6.73. The van der Waals surface area contributed by atoms with Crippen molar-refractivity contribution in [2.75, 3.05) is 56.3 Å². The Balaban J connectivity index is 1.39. The van der Waals surface area contributed by atoms with E-state index in [1.165, 1.54) is 0 Å². The molecule has 2 N–H and O–H groups in total. The van der Waals surface area contributed by atoms with E-state index in [4.69, 9.17) is 40.5 Å². The number of hydrogen-bond donors (Lipinski definition) is 2. The number of likely N-dealkylation sites (N-methyl/N-ethyl adjacent to an activating group) is 1. The second-order valence-corrected chi connectivity index (χ2v) is 11.2. The summed E-state index contributed by atoms with van der Waals surface area (Å²) < 4.78 is 16.9. The van der Waals surface area contributed by atoms with Crippen molar-refractivity contribution in [1.29, 1.82) is 0 Å². The average molecular weight is 607 g/mol. The molecule has 0 bridgehead atoms. The van der Waals surface area contributed by atoms with Gasteiger partial charge < -0.3 is 34.2 Å². The SMILES string of the molecule is CNC[C@@H](O)COc1ccc(Cl)c(-c2nc(-c3c(C)noc3C)c(C)c(N3Cc4cnc(N5CCOCC5)nc4C3)n2)c1. The number of fused-ring (bicyclic) bond motifs is 1. The molecule has 0 amide bonds. The Hall–Kier alpha value is -3.84. The van der Waals surface area contributed by atoms with Crippen LogP contribution in [0.5, 0.6) is 5.75 Å². The van der Waals surface area contributed by atoms with Gasteiger partial charge in [-0.05, 0) is 46.0 Å². The van der Waals surface area contributed by atoms with Gasteiger partial charge in [-0.1, -0.05) is 16.8 Å². The molecule has 2 aliphatic heterocycles. The van der Waals surface area contributed by atoms with Crippen molar-refractivity contribution in [2.45, 2.75) is 40.0 Å². The van der Waals surface area contributed by atoms with Crippen molar-refractivity contribution in [1.82, 2.24) is 30.4 Å². The molecule has 0 unspecified atom stereocenters. The summed E-state index contributed by atoms with van der Waals surface area (Å²) in [6.45, 7) is 10.4. The van der Waals surface area contributed by atoms with Gasteiger partial charge in [0.05, 0.1) is 47.4 Å². The highest BCUT2D eigenvalue weighted by molar-refractivity contribution is 6.33. The second kappa shape index (κ2) is 12.4. The molecule has 1 fully saturated rings. The first kappa shape index (κ1) is 29.2. The number of hydrogen-bond acceptors (Lipinski definition) is 12. The third kappa shape index (κ3) is 6.00. The third-order valence-electron chi connectivity index (χ3n) is 7.69. The zero-order chi connectivity index (χ0) is 30.1. The minimum absolute atomic E-state index is 0.131. The Morgan fingerprint density at radius 2 is 1.91 bits per heavy atom. The molecule has 2 aliphatic rings. The average Bonchev–Trinajstić information content (AvgIpc) is 3.59. The number of nitrogens with one attached hydrogen (secondary N) is 1. The van der Waals surface area contributed by atoms with E-state index >= 15 is 0 Å². The smallest absolute Gasteiger partial charge is 0.225 e. The Morgan fingerprint density at radius 3 is 2.65 bits per heavy atom. The molecule has 12 nitrogen and oxygen atoms in total. The maximum Gasteiger partial charge on any atom is 0.225 e. The summed E-state index contributed by atoms with van der Waals surface area (Å²) in [6.07, 6.45) is 1.26. The Morgan fingerprint density at radius 1 is 1.09 bits per heavy atom. The van der Waals surface area contributed by atoms with Crippen molar-refractivity contribution in [2.24, 2.45) is 0 Å². The molecule has 0 saturated carbocycles. The summed E-state index contributed by atoms with van der Waals surface area (Å²) in [6, 6.07) is 5.33. The Bertz CT molecular complexity index is 1600. The van der Waals surface area contributed by atoms with Crippen molar-refractivity contribution < 1.29 is 19.1 Å². The molecule has 5 heterocycles. The first-order valence-corrected chi connectivity index (χ1v) is 14.7. The lowest BCUT2D eigenvalue weighted by atomic mass is 10.0. The third-order valence-corrected chi connectivity index (χ3v) is 8.02. The van der Waals surface area contributed by atoms with Crippen LogP contribution >= 0.6 is 11.6 Å². The van der Waals surface area contributed by atoms with Gasteiger partial charge in [0, 0.05) is 49.1 Å². The van der Waals surface area contributed by atoms with Crippen LogP contribution in [-0.2, 0) is 17.8 Å². The molecule has 226 valence electrons. The van der Waals surface area contributed by atoms with Crippen LogP contribution in [-0.4, -0.2) is 82.8 Å². The number of nitrogens with zero attached hydrogens (tertiary/aromatic N) is 7. The maximum absolute atomic E-state index is 10.1. The molecule has 43 heavy (non-hydrogen) atoms. The number of aliphatic hydroxyl groups is 1. The van der Waals surface area contributed by atoms with Crippen LogP contribution in [0.15, 0.2) is 28.9 Å². The molecule has 13 heteroatoms. The molecule has 0 radical (unpaired) electrons. The van der Waals surface area contributed by atoms with E-state index in [9.17, 15) is 5.11 Å². The number of halogens is 1. The molecule has 1 saturated heterocycles. The number of morpholine rings is 1. The van der Waals surface area contributed by atoms with Gasteiger partial charge in [-0.2, -0.15) is 0 Å². The quantitative estimate of drug-likeness (QED) is 0.289. The molecular weight excluding hydrogens is 572 g/mol. The largest absolute Gasteiger partial charge is 0.491 e. The fourth-order valence-corrected chi connectivity index (χ4v) is 5.66. The minimum atomic E-state index is -0.652. The van der Waals surface area contributed by atoms with Gasteiger partial charge in [-0.15, -0.1) is 0 Å². The van der Waals surface area contributed by atoms with Gasteiger partial charge in [0.15, 0.2) is 5.82 Å². The molecule has 1 atom stereocenters. The predicted octanol–water partition coefficient (Wildman–Crippen LogP) is 3.48. The first-order chi connectivity index (χ1) is 20.8. The predicted molar refractivity (Wildman–Crippen MR) is 163 cm³/mol. The van der Waals surface area contributed by atoms with E-state index in [0.29, 0.717) is 60.8 Å². The fraction of sp³-hybridized carbons (Fsp3) is 0.433. The summed E-state index contributed by atoms with van der Waals surface area (Å²) in [5.41, 5.74) is 5.83. The number of aromatic nitrogens is 5. The second-order valence-electron chi connectivity index (χ2n) is 10.8. The molecular formula is C30H35ClN8O4. The summed E-state index contributed by atoms with van der Waals surface area (Å²) in [5.74, 6) is 3.15. The van der Waals surface area contributed by atoms with Crippen LogP contribution in [0.25, 0.3) is 22.6 Å². The van der Waals surface area contributed by atoms with Crippen LogP contribution in [0.3, 0.4) is 0 Å². The van der Waals surface area contributed by atoms with E-state index in [-0.39, 0.29) is 6.61 Å². The first-order valence-electron chi connectivity index (χ1n) is 14.3. The van der Waals surface area contributed by atoms with Gasteiger partial charge in [0.1, 0.15) is 30.0 Å². The molecule has 4 aromatic rings. The van der Waals surface area contributed by atoms with Gasteiger partial charge in [0.2, 0.25) is 5.95 Å². The lowest BCUT2D eigenvalue weighted by molar-refractivity contribution is 0.108. The van der Waals surface area contributed by atoms with E-state index in [2.05, 4.69) is 25.3 Å². The van der Waals surface area contributed by atoms with E-state index in [1.807, 2.05) is 27.0 Å². The van der Waals surface area contributed by atoms with Crippen LogP contribution in [0, 0.1) is 20.8 Å². The van der Waals surface area contributed by atoms with Crippen LogP contribution in [0.4, 0.5) is 11.8 Å². The lowest BCUT2D eigenvalue weighted by Gasteiger charge is -2.26. The highest BCUT2D eigenvalue weighted by atomic mass is 35.5. The van der Waals surface area contributed by atoms with E-state index < -0.39 is 6.10 Å². The number of ether oxygens (including phenoxy) is 2. The molecule has 0 spiro atoms. The van der Waals surface area contributed by atoms with Gasteiger partial charge in [-0.3, -0.25) is 0 Å². The standard InChI is InChI=1S/C30H35ClN8O4/c1-17-27(26-18(2)37-43-19(26)3)35-28(23-11-22(5-6-24(23)31)42-16-21(40)13-32-4)36-29(17)39-14-20-12-33-30(34-25(20)15-39)38-7-9-41-10-8-38/h5-6,11-12,21,32,40H,7-10,13-16H2,1-4H3/t21-/m1/s1. The van der Waals surface area contributed by atoms with Crippen molar-refractivity contribution in [3.05, 3.63) is 57.7 Å². The number of aliphatic hydroxyl groups excluding tert-OH is 1. The van der Waals surface area contributed by atoms with Gasteiger partial charge in [0.25, 0.3) is 0 Å². The van der Waals surface area contributed by atoms with Gasteiger partial charge in [-0.25, -0.2) is 19.9 Å². The maximum atomic E-state index is 10.1. The van der Waals surface area contributed by atoms with Crippen molar-refractivity contribution in [3.8, 4) is 28.4 Å². The Kier molecular flexibility index (Phi) is 8.44. The van der Waals surface area contributed by atoms with E-state index in [0.717, 1.165) is 58.6 Å². The van der Waals surface area contributed by atoms with Crippen LogP contribution in [0.2, 0.25) is 5.02 Å². The molecule has 6 rings (SSSR count). The topological polar surface area (TPSA) is 135 Å². The van der Waals surface area contributed by atoms with E-state index in [1.54, 1.807) is 25.2 Å². The minimum Gasteiger partial charge on any atom is -0.491 e. The summed E-state index contributed by atoms with van der Waals surface area (Å²) in [5, 5.41) is 17.7. The summed E-state index contributed by atoms with van der Waals surface area (Å²) in [7, 11) is 1.78. The highest BCUT2D eigenvalue weighted by Crippen LogP contribution is 2.39. The number of rotatable bonds is 9.